The van der Waals surface area contributed by atoms with Gasteiger partial charge in [-0.2, -0.15) is 9.61 Å². The fraction of sp³-hybridized carbons (Fsp3) is 0.615. The van der Waals surface area contributed by atoms with Gasteiger partial charge in [0.2, 0.25) is 4.96 Å². The highest BCUT2D eigenvalue weighted by Crippen LogP contribution is 2.22. The summed E-state index contributed by atoms with van der Waals surface area (Å²) in [6, 6.07) is 1.75. The van der Waals surface area contributed by atoms with Gasteiger partial charge in [-0.15, -0.1) is 0 Å². The molecule has 1 aliphatic rings. The van der Waals surface area contributed by atoms with Crippen molar-refractivity contribution in [2.75, 3.05) is 13.1 Å². The van der Waals surface area contributed by atoms with E-state index in [1.807, 2.05) is 6.92 Å². The maximum absolute atomic E-state index is 11.8. The lowest BCUT2D eigenvalue weighted by molar-refractivity contribution is 0.307. The van der Waals surface area contributed by atoms with Gasteiger partial charge in [0.15, 0.2) is 0 Å². The average Bonchev–Trinajstić information content (AvgIpc) is 2.96. The third-order valence-electron chi connectivity index (χ3n) is 3.83. The fourth-order valence-electron chi connectivity index (χ4n) is 2.65. The number of rotatable bonds is 3. The van der Waals surface area contributed by atoms with E-state index in [1.165, 1.54) is 21.9 Å². The molecule has 0 spiro atoms. The van der Waals surface area contributed by atoms with E-state index in [9.17, 15) is 4.79 Å². The van der Waals surface area contributed by atoms with Gasteiger partial charge in [-0.05, 0) is 32.7 Å². The summed E-state index contributed by atoms with van der Waals surface area (Å²) in [6.45, 7) is 6.72. The van der Waals surface area contributed by atoms with E-state index < -0.39 is 0 Å². The number of nitrogens with zero attached hydrogens (tertiary/aromatic N) is 4. The Balaban J connectivity index is 1.79. The van der Waals surface area contributed by atoms with Crippen LogP contribution >= 0.6 is 11.3 Å². The highest BCUT2D eigenvalue weighted by molar-refractivity contribution is 7.16. The second-order valence-electron chi connectivity index (χ2n) is 5.57. The predicted molar refractivity (Wildman–Crippen MR) is 78.9 cm³/mol. The predicted octanol–water partition coefficient (Wildman–Crippen LogP) is 0.629. The van der Waals surface area contributed by atoms with Crippen LogP contribution in [0.5, 0.6) is 0 Å². The van der Waals surface area contributed by atoms with Crippen molar-refractivity contribution in [3.63, 3.8) is 0 Å². The van der Waals surface area contributed by atoms with Gasteiger partial charge >= 0.3 is 0 Å². The second-order valence-corrected chi connectivity index (χ2v) is 6.61. The molecule has 108 valence electrons. The van der Waals surface area contributed by atoms with Gasteiger partial charge in [-0.3, -0.25) is 9.69 Å². The summed E-state index contributed by atoms with van der Waals surface area (Å²) in [5.41, 5.74) is 6.59. The molecule has 1 saturated heterocycles. The second kappa shape index (κ2) is 5.23. The van der Waals surface area contributed by atoms with Crippen LogP contribution in [-0.4, -0.2) is 38.6 Å². The summed E-state index contributed by atoms with van der Waals surface area (Å²) in [7, 11) is 0. The van der Waals surface area contributed by atoms with E-state index in [-0.39, 0.29) is 11.6 Å². The Hall–Kier alpha value is -1.31. The molecule has 3 heterocycles. The molecule has 2 N–H and O–H groups in total. The first kappa shape index (κ1) is 13.7. The molecule has 1 aliphatic heterocycles. The van der Waals surface area contributed by atoms with Crippen LogP contribution in [0.2, 0.25) is 0 Å². The Morgan fingerprint density at radius 1 is 1.60 bits per heavy atom. The monoisotopic (exact) mass is 293 g/mol. The van der Waals surface area contributed by atoms with Crippen molar-refractivity contribution in [2.24, 2.45) is 11.7 Å². The van der Waals surface area contributed by atoms with Gasteiger partial charge in [0, 0.05) is 24.3 Å². The average molecular weight is 293 g/mol. The van der Waals surface area contributed by atoms with Crippen LogP contribution in [0, 0.1) is 12.8 Å². The van der Waals surface area contributed by atoms with Crippen molar-refractivity contribution in [3.8, 4) is 0 Å². The molecular weight excluding hydrogens is 274 g/mol. The molecule has 0 amide bonds. The van der Waals surface area contributed by atoms with E-state index in [0.29, 0.717) is 10.9 Å². The third-order valence-corrected chi connectivity index (χ3v) is 4.72. The Morgan fingerprint density at radius 3 is 3.10 bits per heavy atom. The molecule has 2 atom stereocenters. The first-order chi connectivity index (χ1) is 9.52. The van der Waals surface area contributed by atoms with E-state index in [1.54, 1.807) is 0 Å². The van der Waals surface area contributed by atoms with Gasteiger partial charge in [-0.25, -0.2) is 4.98 Å². The molecule has 2 aromatic rings. The maximum Gasteiger partial charge on any atom is 0.275 e. The zero-order valence-electron chi connectivity index (χ0n) is 11.7. The summed E-state index contributed by atoms with van der Waals surface area (Å²) >= 11 is 1.49. The molecule has 0 aliphatic carbocycles. The molecule has 7 heteroatoms. The molecule has 20 heavy (non-hydrogen) atoms. The number of hydrogen-bond donors (Lipinski definition) is 1. The first-order valence-corrected chi connectivity index (χ1v) is 7.69. The standard InChI is InChI=1S/C13H19N5OS/c1-8-5-12(19)18-13(15-8)20-11(16-18)7-17-4-3-10(6-17)9(2)14/h5,9-10H,3-4,6-7,14H2,1-2H3. The summed E-state index contributed by atoms with van der Waals surface area (Å²) in [6.07, 6.45) is 1.14. The highest BCUT2D eigenvalue weighted by Gasteiger charge is 2.25. The molecule has 2 unspecified atom stereocenters. The number of fused-ring (bicyclic) bond motifs is 1. The van der Waals surface area contributed by atoms with Crippen LogP contribution < -0.4 is 11.3 Å². The molecule has 6 nitrogen and oxygen atoms in total. The van der Waals surface area contributed by atoms with E-state index >= 15 is 0 Å². The van der Waals surface area contributed by atoms with Crippen LogP contribution in [0.4, 0.5) is 0 Å². The number of hydrogen-bond acceptors (Lipinski definition) is 6. The van der Waals surface area contributed by atoms with E-state index in [0.717, 1.165) is 36.8 Å². The lowest BCUT2D eigenvalue weighted by Crippen LogP contribution is -2.29. The summed E-state index contributed by atoms with van der Waals surface area (Å²) in [5, 5.41) is 5.31. The highest BCUT2D eigenvalue weighted by atomic mass is 32.1. The van der Waals surface area contributed by atoms with Crippen molar-refractivity contribution in [3.05, 3.63) is 27.1 Å². The van der Waals surface area contributed by atoms with Crippen molar-refractivity contribution in [1.29, 1.82) is 0 Å². The zero-order chi connectivity index (χ0) is 14.3. The van der Waals surface area contributed by atoms with E-state index in [4.69, 9.17) is 5.73 Å². The molecule has 0 aromatic carbocycles. The Labute approximate surface area is 121 Å². The Kier molecular flexibility index (Phi) is 3.57. The summed E-state index contributed by atoms with van der Waals surface area (Å²) in [4.78, 5) is 19.2. The van der Waals surface area contributed by atoms with Gasteiger partial charge in [-0.1, -0.05) is 11.3 Å². The number of aromatic nitrogens is 3. The Morgan fingerprint density at radius 2 is 2.40 bits per heavy atom. The van der Waals surface area contributed by atoms with Crippen LogP contribution in [0.25, 0.3) is 4.96 Å². The SMILES string of the molecule is Cc1cc(=O)n2nc(CN3CCC(C(C)N)C3)sc2n1. The van der Waals surface area contributed by atoms with Crippen molar-refractivity contribution >= 4 is 16.3 Å². The molecule has 0 radical (unpaired) electrons. The first-order valence-electron chi connectivity index (χ1n) is 6.87. The molecule has 1 fully saturated rings. The molecule has 0 saturated carbocycles. The largest absolute Gasteiger partial charge is 0.328 e. The lowest BCUT2D eigenvalue weighted by Gasteiger charge is -2.16. The van der Waals surface area contributed by atoms with Crippen LogP contribution in [0.15, 0.2) is 10.9 Å². The lowest BCUT2D eigenvalue weighted by atomic mass is 10.0. The smallest absolute Gasteiger partial charge is 0.275 e. The number of aryl methyl sites for hydroxylation is 1. The molecule has 3 rings (SSSR count). The van der Waals surface area contributed by atoms with Crippen molar-refractivity contribution in [1.82, 2.24) is 19.5 Å². The van der Waals surface area contributed by atoms with Gasteiger partial charge < -0.3 is 5.73 Å². The van der Waals surface area contributed by atoms with Crippen molar-refractivity contribution in [2.45, 2.75) is 32.9 Å². The molecule has 2 aromatic heterocycles. The minimum absolute atomic E-state index is 0.107. The third kappa shape index (κ3) is 2.61. The van der Waals surface area contributed by atoms with E-state index in [2.05, 4.69) is 21.9 Å². The summed E-state index contributed by atoms with van der Waals surface area (Å²) < 4.78 is 1.39. The molecular formula is C13H19N5OS. The van der Waals surface area contributed by atoms with Crippen LogP contribution in [0.3, 0.4) is 0 Å². The molecule has 0 bridgehead atoms. The van der Waals surface area contributed by atoms with Crippen LogP contribution in [0.1, 0.15) is 24.0 Å². The topological polar surface area (TPSA) is 76.5 Å². The zero-order valence-corrected chi connectivity index (χ0v) is 12.6. The van der Waals surface area contributed by atoms with Gasteiger partial charge in [0.25, 0.3) is 5.56 Å². The minimum Gasteiger partial charge on any atom is -0.328 e. The fourth-order valence-corrected chi connectivity index (χ4v) is 3.64. The van der Waals surface area contributed by atoms with Crippen LogP contribution in [-0.2, 0) is 6.54 Å². The van der Waals surface area contributed by atoms with Crippen molar-refractivity contribution < 1.29 is 0 Å². The quantitative estimate of drug-likeness (QED) is 0.898. The number of nitrogens with two attached hydrogens (primary N) is 1. The minimum atomic E-state index is -0.107. The van der Waals surface area contributed by atoms with Gasteiger partial charge in [0.05, 0.1) is 6.54 Å². The maximum atomic E-state index is 11.8. The Bertz CT molecular complexity index is 677. The normalized spacial score (nSPS) is 21.6. The number of likely N-dealkylation sites (tertiary alicyclic amines) is 1. The summed E-state index contributed by atoms with van der Waals surface area (Å²) in [5.74, 6) is 0.562. The van der Waals surface area contributed by atoms with Gasteiger partial charge in [0.1, 0.15) is 5.01 Å².